The summed E-state index contributed by atoms with van der Waals surface area (Å²) < 4.78 is 10.2. The number of ether oxygens (including phenoxy) is 2. The number of benzene rings is 2. The number of anilines is 2. The summed E-state index contributed by atoms with van der Waals surface area (Å²) in [6, 6.07) is 15.2. The first-order valence-electron chi connectivity index (χ1n) is 10.9. The van der Waals surface area contributed by atoms with Crippen molar-refractivity contribution in [2.24, 2.45) is 0 Å². The molecule has 0 unspecified atom stereocenters. The summed E-state index contributed by atoms with van der Waals surface area (Å²) in [5.74, 6) is 0.181. The number of amides is 1. The molecule has 1 aliphatic heterocycles. The van der Waals surface area contributed by atoms with E-state index in [1.54, 1.807) is 19.2 Å². The highest BCUT2D eigenvalue weighted by molar-refractivity contribution is 7.15. The van der Waals surface area contributed by atoms with Crippen LogP contribution >= 0.6 is 22.9 Å². The van der Waals surface area contributed by atoms with Gasteiger partial charge in [0.1, 0.15) is 16.3 Å². The minimum atomic E-state index is -0.491. The molecule has 34 heavy (non-hydrogen) atoms. The highest BCUT2D eigenvalue weighted by Gasteiger charge is 2.24. The van der Waals surface area contributed by atoms with Gasteiger partial charge in [0.2, 0.25) is 5.91 Å². The number of rotatable bonds is 7. The fourth-order valence-corrected chi connectivity index (χ4v) is 5.02. The molecule has 0 aliphatic carbocycles. The Morgan fingerprint density at radius 3 is 2.29 bits per heavy atom. The van der Waals surface area contributed by atoms with Gasteiger partial charge in [-0.15, -0.1) is 11.3 Å². The van der Waals surface area contributed by atoms with E-state index in [1.807, 2.05) is 41.8 Å². The Bertz CT molecular complexity index is 1140. The number of carbonyl (C=O) groups excluding carboxylic acids is 2. The molecular formula is C25H26ClN3O4S. The standard InChI is InChI=1S/C25H26ClN3O4S/c1-32-20-9-7-19(8-10-20)29-13-11-28(12-14-29)15-22(30)27-24-23(25(31)33-2)21(16-34-24)17-3-5-18(26)6-4-17/h3-10,16H,11-15H2,1-2H3,(H,27,30). The van der Waals surface area contributed by atoms with Crippen LogP contribution in [0.2, 0.25) is 5.02 Å². The Balaban J connectivity index is 1.38. The van der Waals surface area contributed by atoms with Gasteiger partial charge in [0.25, 0.3) is 0 Å². The molecule has 0 spiro atoms. The lowest BCUT2D eigenvalue weighted by Crippen LogP contribution is -2.48. The molecule has 1 saturated heterocycles. The van der Waals surface area contributed by atoms with Gasteiger partial charge in [-0.3, -0.25) is 9.69 Å². The Kier molecular flexibility index (Phi) is 7.72. The van der Waals surface area contributed by atoms with Crippen LogP contribution in [0.25, 0.3) is 11.1 Å². The summed E-state index contributed by atoms with van der Waals surface area (Å²) >= 11 is 7.30. The summed E-state index contributed by atoms with van der Waals surface area (Å²) in [6.45, 7) is 3.44. The zero-order valence-corrected chi connectivity index (χ0v) is 20.6. The van der Waals surface area contributed by atoms with E-state index in [4.69, 9.17) is 21.1 Å². The second-order valence-corrected chi connectivity index (χ2v) is 9.18. The largest absolute Gasteiger partial charge is 0.497 e. The SMILES string of the molecule is COC(=O)c1c(-c2ccc(Cl)cc2)csc1NC(=O)CN1CCN(c2ccc(OC)cc2)CC1. The van der Waals surface area contributed by atoms with E-state index < -0.39 is 5.97 Å². The molecule has 0 radical (unpaired) electrons. The number of thiophene rings is 1. The summed E-state index contributed by atoms with van der Waals surface area (Å²) in [7, 11) is 2.99. The van der Waals surface area contributed by atoms with Crippen LogP contribution < -0.4 is 15.0 Å². The van der Waals surface area contributed by atoms with Crippen LogP contribution in [0, 0.1) is 0 Å². The average molecular weight is 500 g/mol. The van der Waals surface area contributed by atoms with Gasteiger partial charge in [0.15, 0.2) is 0 Å². The number of hydrogen-bond donors (Lipinski definition) is 1. The minimum Gasteiger partial charge on any atom is -0.497 e. The number of methoxy groups -OCH3 is 2. The van der Waals surface area contributed by atoms with Gasteiger partial charge in [-0.05, 0) is 42.0 Å². The summed E-state index contributed by atoms with van der Waals surface area (Å²) in [5.41, 5.74) is 3.03. The molecule has 0 bridgehead atoms. The lowest BCUT2D eigenvalue weighted by molar-refractivity contribution is -0.117. The normalized spacial score (nSPS) is 14.0. The molecule has 7 nitrogen and oxygen atoms in total. The molecule has 0 atom stereocenters. The van der Waals surface area contributed by atoms with Gasteiger partial charge in [-0.25, -0.2) is 4.79 Å². The maximum Gasteiger partial charge on any atom is 0.341 e. The quantitative estimate of drug-likeness (QED) is 0.478. The monoisotopic (exact) mass is 499 g/mol. The van der Waals surface area contributed by atoms with E-state index in [1.165, 1.54) is 18.4 Å². The van der Waals surface area contributed by atoms with Crippen molar-refractivity contribution in [2.75, 3.05) is 57.2 Å². The van der Waals surface area contributed by atoms with Crippen LogP contribution in [0.4, 0.5) is 10.7 Å². The van der Waals surface area contributed by atoms with Gasteiger partial charge in [0.05, 0.1) is 20.8 Å². The molecule has 3 aromatic rings. The third-order valence-corrected chi connectivity index (χ3v) is 6.91. The highest BCUT2D eigenvalue weighted by Crippen LogP contribution is 2.36. The zero-order chi connectivity index (χ0) is 24.1. The van der Waals surface area contributed by atoms with Gasteiger partial charge in [-0.2, -0.15) is 0 Å². The number of hydrogen-bond acceptors (Lipinski definition) is 7. The van der Waals surface area contributed by atoms with Crippen molar-refractivity contribution < 1.29 is 19.1 Å². The molecule has 178 valence electrons. The van der Waals surface area contributed by atoms with Crippen molar-refractivity contribution in [3.8, 4) is 16.9 Å². The minimum absolute atomic E-state index is 0.160. The van der Waals surface area contributed by atoms with Crippen LogP contribution in [-0.2, 0) is 9.53 Å². The van der Waals surface area contributed by atoms with Gasteiger partial charge in [0, 0.05) is 47.8 Å². The van der Waals surface area contributed by atoms with Crippen LogP contribution in [0.3, 0.4) is 0 Å². The fraction of sp³-hybridized carbons (Fsp3) is 0.280. The van der Waals surface area contributed by atoms with Crippen molar-refractivity contribution in [1.82, 2.24) is 4.90 Å². The van der Waals surface area contributed by atoms with Crippen molar-refractivity contribution in [3.05, 3.63) is 64.5 Å². The van der Waals surface area contributed by atoms with E-state index in [9.17, 15) is 9.59 Å². The molecule has 2 aromatic carbocycles. The Hall–Kier alpha value is -3.07. The van der Waals surface area contributed by atoms with Crippen molar-refractivity contribution in [3.63, 3.8) is 0 Å². The maximum atomic E-state index is 12.8. The predicted molar refractivity (Wildman–Crippen MR) is 136 cm³/mol. The van der Waals surface area contributed by atoms with Gasteiger partial charge >= 0.3 is 5.97 Å². The Labute approximate surface area is 207 Å². The molecule has 1 fully saturated rings. The van der Waals surface area contributed by atoms with Crippen molar-refractivity contribution >= 4 is 45.5 Å². The molecule has 0 saturated carbocycles. The van der Waals surface area contributed by atoms with Crippen molar-refractivity contribution in [2.45, 2.75) is 0 Å². The highest BCUT2D eigenvalue weighted by atomic mass is 35.5. The smallest absolute Gasteiger partial charge is 0.341 e. The Morgan fingerprint density at radius 2 is 1.68 bits per heavy atom. The molecule has 1 aromatic heterocycles. The molecule has 1 amide bonds. The van der Waals surface area contributed by atoms with Crippen molar-refractivity contribution in [1.29, 1.82) is 0 Å². The number of halogens is 1. The van der Waals surface area contributed by atoms with Crippen LogP contribution in [-0.4, -0.2) is 63.7 Å². The zero-order valence-electron chi connectivity index (χ0n) is 19.0. The second-order valence-electron chi connectivity index (χ2n) is 7.86. The third-order valence-electron chi connectivity index (χ3n) is 5.77. The van der Waals surface area contributed by atoms with E-state index >= 15 is 0 Å². The molecular weight excluding hydrogens is 474 g/mol. The third kappa shape index (κ3) is 5.52. The first kappa shape index (κ1) is 24.1. The number of carbonyl (C=O) groups is 2. The molecule has 2 heterocycles. The first-order valence-corrected chi connectivity index (χ1v) is 12.1. The topological polar surface area (TPSA) is 71.1 Å². The Morgan fingerprint density at radius 1 is 1.00 bits per heavy atom. The second kappa shape index (κ2) is 10.9. The molecule has 4 rings (SSSR count). The number of nitrogens with one attached hydrogen (secondary N) is 1. The van der Waals surface area contributed by atoms with Gasteiger partial charge < -0.3 is 19.7 Å². The van der Waals surface area contributed by atoms with E-state index in [0.717, 1.165) is 43.2 Å². The van der Waals surface area contributed by atoms with Crippen LogP contribution in [0.5, 0.6) is 5.75 Å². The fourth-order valence-electron chi connectivity index (χ4n) is 3.92. The van der Waals surface area contributed by atoms with Crippen LogP contribution in [0.1, 0.15) is 10.4 Å². The first-order chi connectivity index (χ1) is 16.5. The summed E-state index contributed by atoms with van der Waals surface area (Å²) in [6.07, 6.45) is 0. The lowest BCUT2D eigenvalue weighted by atomic mass is 10.0. The average Bonchev–Trinajstić information content (AvgIpc) is 3.27. The lowest BCUT2D eigenvalue weighted by Gasteiger charge is -2.35. The maximum absolute atomic E-state index is 12.8. The van der Waals surface area contributed by atoms with E-state index in [0.29, 0.717) is 21.2 Å². The summed E-state index contributed by atoms with van der Waals surface area (Å²) in [4.78, 5) is 29.7. The van der Waals surface area contributed by atoms with E-state index in [2.05, 4.69) is 15.1 Å². The number of nitrogens with zero attached hydrogens (tertiary/aromatic N) is 2. The van der Waals surface area contributed by atoms with Crippen LogP contribution in [0.15, 0.2) is 53.9 Å². The molecule has 1 N–H and O–H groups in total. The molecule has 9 heteroatoms. The number of piperazine rings is 1. The van der Waals surface area contributed by atoms with Gasteiger partial charge in [-0.1, -0.05) is 23.7 Å². The predicted octanol–water partition coefficient (Wildman–Crippen LogP) is 4.62. The summed E-state index contributed by atoms with van der Waals surface area (Å²) in [5, 5.41) is 5.85. The van der Waals surface area contributed by atoms with E-state index in [-0.39, 0.29) is 12.5 Å². The molecule has 1 aliphatic rings. The number of esters is 1.